The Morgan fingerprint density at radius 3 is 2.05 bits per heavy atom. The van der Waals surface area contributed by atoms with E-state index in [2.05, 4.69) is 20.8 Å². The average molecular weight is 299 g/mol. The Kier molecular flexibility index (Phi) is 8.12. The number of aliphatic carboxylic acids is 1. The maximum absolute atomic E-state index is 10.5. The molecule has 0 aromatic rings. The van der Waals surface area contributed by atoms with Crippen molar-refractivity contribution < 1.29 is 32.3 Å². The predicted molar refractivity (Wildman–Crippen MR) is 66.5 cm³/mol. The largest absolute Gasteiger partial charge is 0.542 e. The molecule has 1 fully saturated rings. The molecule has 0 spiro atoms. The molecule has 0 atom stereocenters. The van der Waals surface area contributed by atoms with E-state index in [-0.39, 0.29) is 0 Å². The van der Waals surface area contributed by atoms with Crippen LogP contribution in [0.3, 0.4) is 0 Å². The van der Waals surface area contributed by atoms with Crippen molar-refractivity contribution in [1.29, 1.82) is 0 Å². The number of carboxylic acid groups (broad SMARTS) is 1. The number of carboxylic acids is 1. The van der Waals surface area contributed by atoms with Crippen molar-refractivity contribution in [2.75, 3.05) is 26.4 Å². The van der Waals surface area contributed by atoms with Gasteiger partial charge < -0.3 is 19.1 Å². The topological polar surface area (TPSA) is 49.4 Å². The third-order valence-electron chi connectivity index (χ3n) is 3.13. The summed E-state index contributed by atoms with van der Waals surface area (Å²) in [6.45, 7) is 11.4. The Morgan fingerprint density at radius 1 is 1.30 bits per heavy atom. The fourth-order valence-electron chi connectivity index (χ4n) is 2.21. The molecule has 1 aliphatic heterocycles. The highest BCUT2D eigenvalue weighted by atomic mass is 19.4. The lowest BCUT2D eigenvalue weighted by molar-refractivity contribution is -0.935. The molecule has 1 saturated heterocycles. The van der Waals surface area contributed by atoms with Gasteiger partial charge >= 0.3 is 6.18 Å². The molecule has 0 saturated carbocycles. The minimum Gasteiger partial charge on any atom is -0.542 e. The number of nitrogens with zero attached hydrogens (tertiary/aromatic N) is 1. The lowest BCUT2D eigenvalue weighted by atomic mass is 10.3. The molecular formula is C13H24F3NO3. The fraction of sp³-hybridized carbons (Fsp3) is 0.923. The molecule has 0 amide bonds. The van der Waals surface area contributed by atoms with Crippen molar-refractivity contribution in [2.45, 2.75) is 52.3 Å². The number of halogens is 3. The molecule has 20 heavy (non-hydrogen) atoms. The van der Waals surface area contributed by atoms with Crippen molar-refractivity contribution >= 4 is 5.97 Å². The first-order valence-electron chi connectivity index (χ1n) is 6.88. The van der Waals surface area contributed by atoms with Gasteiger partial charge in [-0.2, -0.15) is 13.2 Å². The zero-order valence-corrected chi connectivity index (χ0v) is 12.3. The number of rotatable bonds is 5. The molecule has 0 unspecified atom stereocenters. The van der Waals surface area contributed by atoms with E-state index in [4.69, 9.17) is 14.6 Å². The highest BCUT2D eigenvalue weighted by Gasteiger charge is 2.31. The van der Waals surface area contributed by atoms with Gasteiger partial charge in [0.1, 0.15) is 5.97 Å². The highest BCUT2D eigenvalue weighted by molar-refractivity contribution is 5.70. The molecule has 1 rings (SSSR count). The first kappa shape index (κ1) is 19.2. The van der Waals surface area contributed by atoms with E-state index in [0.29, 0.717) is 6.10 Å². The standard InChI is InChI=1S/C11H24NO.C2HF3O2/c1-4-7-12(8-5-6-9-12)10-13-11(2)3;3-2(4,5)1(6)7/h11H,4-10H2,1-3H3;(H,6,7)/q+1;/p-1. The van der Waals surface area contributed by atoms with Gasteiger partial charge in [0.15, 0.2) is 6.73 Å². The smallest absolute Gasteiger partial charge is 0.430 e. The minimum absolute atomic E-state index is 0.382. The maximum Gasteiger partial charge on any atom is 0.430 e. The third kappa shape index (κ3) is 7.69. The summed E-state index contributed by atoms with van der Waals surface area (Å²) >= 11 is 0. The summed E-state index contributed by atoms with van der Waals surface area (Å²) < 4.78 is 38.5. The Balaban J connectivity index is 0.000000441. The predicted octanol–water partition coefficient (Wildman–Crippen LogP) is 1.69. The number of hydrogen-bond acceptors (Lipinski definition) is 3. The Morgan fingerprint density at radius 2 is 1.75 bits per heavy atom. The average Bonchev–Trinajstić information content (AvgIpc) is 2.76. The molecule has 0 N–H and O–H groups in total. The number of quaternary nitrogens is 1. The summed E-state index contributed by atoms with van der Waals surface area (Å²) in [5.41, 5.74) is 0. The van der Waals surface area contributed by atoms with Crippen LogP contribution >= 0.6 is 0 Å². The van der Waals surface area contributed by atoms with E-state index in [9.17, 15) is 13.2 Å². The third-order valence-corrected chi connectivity index (χ3v) is 3.13. The van der Waals surface area contributed by atoms with Crippen molar-refractivity contribution in [2.24, 2.45) is 0 Å². The zero-order valence-electron chi connectivity index (χ0n) is 12.3. The second-order valence-electron chi connectivity index (χ2n) is 5.35. The Labute approximate surface area is 118 Å². The van der Waals surface area contributed by atoms with E-state index in [1.165, 1.54) is 43.4 Å². The number of likely N-dealkylation sites (tertiary alicyclic amines) is 1. The van der Waals surface area contributed by atoms with E-state index < -0.39 is 12.1 Å². The SMILES string of the molecule is CCC[N+]1(COC(C)C)CCCC1.O=C([O-])C(F)(F)F. The second-order valence-corrected chi connectivity index (χ2v) is 5.35. The molecule has 1 heterocycles. The Hall–Kier alpha value is -0.820. The minimum atomic E-state index is -5.19. The monoisotopic (exact) mass is 299 g/mol. The summed E-state index contributed by atoms with van der Waals surface area (Å²) in [6.07, 6.45) is -0.753. The molecule has 1 aliphatic rings. The summed E-state index contributed by atoms with van der Waals surface area (Å²) in [7, 11) is 0. The lowest BCUT2D eigenvalue weighted by Gasteiger charge is -2.34. The van der Waals surface area contributed by atoms with Gasteiger partial charge in [-0.1, -0.05) is 6.92 Å². The van der Waals surface area contributed by atoms with E-state index >= 15 is 0 Å². The van der Waals surface area contributed by atoms with Gasteiger partial charge in [-0.3, -0.25) is 0 Å². The first-order valence-corrected chi connectivity index (χ1v) is 6.88. The first-order chi connectivity index (χ1) is 9.13. The normalized spacial score (nSPS) is 17.8. The van der Waals surface area contributed by atoms with Gasteiger partial charge in [-0.25, -0.2) is 0 Å². The van der Waals surface area contributed by atoms with Gasteiger partial charge in [0.25, 0.3) is 0 Å². The highest BCUT2D eigenvalue weighted by Crippen LogP contribution is 2.20. The van der Waals surface area contributed by atoms with Crippen molar-refractivity contribution in [1.82, 2.24) is 0 Å². The molecule has 0 radical (unpaired) electrons. The second kappa shape index (κ2) is 8.46. The van der Waals surface area contributed by atoms with Crippen LogP contribution in [0.5, 0.6) is 0 Å². The summed E-state index contributed by atoms with van der Waals surface area (Å²) in [4.78, 5) is 8.78. The van der Waals surface area contributed by atoms with Crippen LogP contribution in [-0.2, 0) is 9.53 Å². The fourth-order valence-corrected chi connectivity index (χ4v) is 2.21. The summed E-state index contributed by atoms with van der Waals surface area (Å²) in [6, 6.07) is 0. The van der Waals surface area contributed by atoms with Crippen LogP contribution in [0.4, 0.5) is 13.2 Å². The molecule has 120 valence electrons. The molecule has 4 nitrogen and oxygen atoms in total. The van der Waals surface area contributed by atoms with E-state index in [1.807, 2.05) is 0 Å². The number of carbonyl (C=O) groups excluding carboxylic acids is 1. The molecule has 0 aliphatic carbocycles. The van der Waals surface area contributed by atoms with Gasteiger partial charge in [0.2, 0.25) is 0 Å². The van der Waals surface area contributed by atoms with Crippen LogP contribution in [0.2, 0.25) is 0 Å². The molecular weight excluding hydrogens is 275 g/mol. The van der Waals surface area contributed by atoms with Gasteiger partial charge in [-0.15, -0.1) is 0 Å². The van der Waals surface area contributed by atoms with Crippen LogP contribution in [0.1, 0.15) is 40.0 Å². The van der Waals surface area contributed by atoms with Crippen LogP contribution in [0.15, 0.2) is 0 Å². The van der Waals surface area contributed by atoms with Gasteiger partial charge in [-0.05, 0) is 20.3 Å². The quantitative estimate of drug-likeness (QED) is 0.726. The zero-order chi connectivity index (χ0) is 15.8. The van der Waals surface area contributed by atoms with Crippen LogP contribution < -0.4 is 5.11 Å². The van der Waals surface area contributed by atoms with Crippen molar-refractivity contribution in [3.63, 3.8) is 0 Å². The van der Waals surface area contributed by atoms with Gasteiger partial charge in [0.05, 0.1) is 25.7 Å². The van der Waals surface area contributed by atoms with Crippen molar-refractivity contribution in [3.8, 4) is 0 Å². The summed E-state index contributed by atoms with van der Waals surface area (Å²) in [5, 5.41) is 8.78. The molecule has 7 heteroatoms. The van der Waals surface area contributed by atoms with Crippen LogP contribution in [-0.4, -0.2) is 49.1 Å². The molecule has 0 aromatic heterocycles. The van der Waals surface area contributed by atoms with Gasteiger partial charge in [0, 0.05) is 12.8 Å². The van der Waals surface area contributed by atoms with E-state index in [0.717, 1.165) is 6.73 Å². The number of alkyl halides is 3. The summed E-state index contributed by atoms with van der Waals surface area (Å²) in [5.74, 6) is -3.01. The maximum atomic E-state index is 10.5. The van der Waals surface area contributed by atoms with Crippen LogP contribution in [0, 0.1) is 0 Å². The number of carbonyl (C=O) groups is 1. The number of ether oxygens (including phenoxy) is 1. The molecule has 0 aromatic carbocycles. The lowest BCUT2D eigenvalue weighted by Crippen LogP contribution is -2.48. The van der Waals surface area contributed by atoms with Crippen molar-refractivity contribution in [3.05, 3.63) is 0 Å². The molecule has 0 bridgehead atoms. The Bertz CT molecular complexity index is 287. The van der Waals surface area contributed by atoms with E-state index in [1.54, 1.807) is 0 Å². The van der Waals surface area contributed by atoms with Crippen LogP contribution in [0.25, 0.3) is 0 Å². The number of hydrogen-bond donors (Lipinski definition) is 0.